The normalized spacial score (nSPS) is 12.7. The molecule has 0 saturated heterocycles. The van der Waals surface area contributed by atoms with Crippen LogP contribution in [0.2, 0.25) is 10.2 Å². The van der Waals surface area contributed by atoms with Crippen molar-refractivity contribution < 1.29 is 0 Å². The van der Waals surface area contributed by atoms with Crippen molar-refractivity contribution in [1.29, 1.82) is 0 Å². The Bertz CT molecular complexity index is 578. The molecule has 0 fully saturated rings. The van der Waals surface area contributed by atoms with Crippen LogP contribution >= 0.6 is 23.2 Å². The third-order valence-electron chi connectivity index (χ3n) is 3.23. The van der Waals surface area contributed by atoms with Crippen LogP contribution in [0.5, 0.6) is 0 Å². The Balaban J connectivity index is 2.09. The molecular formula is C14H17Cl2N3. The van der Waals surface area contributed by atoms with Crippen LogP contribution in [0.3, 0.4) is 0 Å². The summed E-state index contributed by atoms with van der Waals surface area (Å²) >= 11 is 12.4. The van der Waals surface area contributed by atoms with E-state index >= 15 is 0 Å². The van der Waals surface area contributed by atoms with Crippen molar-refractivity contribution >= 4 is 23.2 Å². The second-order valence-corrected chi connectivity index (χ2v) is 5.37. The zero-order valence-electron chi connectivity index (χ0n) is 11.2. The molecule has 1 aromatic carbocycles. The van der Waals surface area contributed by atoms with Gasteiger partial charge in [-0.05, 0) is 25.5 Å². The van der Waals surface area contributed by atoms with E-state index in [1.807, 2.05) is 38.2 Å². The average molecular weight is 298 g/mol. The first-order chi connectivity index (χ1) is 9.00. The standard InChI is InChI=1S/C14H17Cl2N3/c1-9(11-6-4-5-7-13(11)15)17-8-12-10(2)18-19(3)14(12)16/h4-7,9,17H,8H2,1-3H3/t9-/m1/s1. The van der Waals surface area contributed by atoms with Crippen molar-refractivity contribution in [2.45, 2.75) is 26.4 Å². The smallest absolute Gasteiger partial charge is 0.131 e. The highest BCUT2D eigenvalue weighted by Crippen LogP contribution is 2.24. The van der Waals surface area contributed by atoms with Gasteiger partial charge in [-0.15, -0.1) is 0 Å². The molecule has 0 saturated carbocycles. The minimum absolute atomic E-state index is 0.157. The Hall–Kier alpha value is -1.03. The molecule has 0 unspecified atom stereocenters. The first-order valence-electron chi connectivity index (χ1n) is 6.16. The lowest BCUT2D eigenvalue weighted by atomic mass is 10.1. The lowest BCUT2D eigenvalue weighted by molar-refractivity contribution is 0.573. The molecule has 0 aliphatic heterocycles. The van der Waals surface area contributed by atoms with E-state index in [0.717, 1.165) is 21.8 Å². The Labute approximate surface area is 123 Å². The van der Waals surface area contributed by atoms with Gasteiger partial charge in [0.2, 0.25) is 0 Å². The predicted molar refractivity (Wildman–Crippen MR) is 79.7 cm³/mol. The van der Waals surface area contributed by atoms with E-state index in [1.54, 1.807) is 4.68 Å². The molecule has 0 amide bonds. The van der Waals surface area contributed by atoms with Crippen LogP contribution in [0.15, 0.2) is 24.3 Å². The average Bonchev–Trinajstić information content (AvgIpc) is 2.61. The van der Waals surface area contributed by atoms with Crippen molar-refractivity contribution in [3.8, 4) is 0 Å². The largest absolute Gasteiger partial charge is 0.306 e. The monoisotopic (exact) mass is 297 g/mol. The molecule has 5 heteroatoms. The van der Waals surface area contributed by atoms with E-state index < -0.39 is 0 Å². The zero-order valence-corrected chi connectivity index (χ0v) is 12.8. The molecule has 1 N–H and O–H groups in total. The molecule has 0 aliphatic rings. The SMILES string of the molecule is Cc1nn(C)c(Cl)c1CN[C@H](C)c1ccccc1Cl. The van der Waals surface area contributed by atoms with E-state index in [0.29, 0.717) is 11.7 Å². The van der Waals surface area contributed by atoms with E-state index in [9.17, 15) is 0 Å². The van der Waals surface area contributed by atoms with Gasteiger partial charge >= 0.3 is 0 Å². The molecule has 0 radical (unpaired) electrons. The van der Waals surface area contributed by atoms with Crippen molar-refractivity contribution in [3.63, 3.8) is 0 Å². The van der Waals surface area contributed by atoms with Crippen LogP contribution in [0.25, 0.3) is 0 Å². The quantitative estimate of drug-likeness (QED) is 0.928. The van der Waals surface area contributed by atoms with Crippen LogP contribution in [0.4, 0.5) is 0 Å². The summed E-state index contributed by atoms with van der Waals surface area (Å²) in [5, 5.41) is 9.18. The molecule has 102 valence electrons. The van der Waals surface area contributed by atoms with Gasteiger partial charge in [0, 0.05) is 30.2 Å². The van der Waals surface area contributed by atoms with E-state index in [2.05, 4.69) is 17.3 Å². The first kappa shape index (κ1) is 14.4. The van der Waals surface area contributed by atoms with Crippen LogP contribution in [-0.4, -0.2) is 9.78 Å². The second-order valence-electron chi connectivity index (χ2n) is 4.60. The number of aromatic nitrogens is 2. The summed E-state index contributed by atoms with van der Waals surface area (Å²) in [5.41, 5.74) is 3.07. The maximum Gasteiger partial charge on any atom is 0.131 e. The molecule has 0 aliphatic carbocycles. The summed E-state index contributed by atoms with van der Waals surface area (Å²) in [6.45, 7) is 4.72. The number of benzene rings is 1. The van der Waals surface area contributed by atoms with E-state index in [-0.39, 0.29) is 6.04 Å². The van der Waals surface area contributed by atoms with Crippen LogP contribution < -0.4 is 5.32 Å². The van der Waals surface area contributed by atoms with Crippen LogP contribution in [0, 0.1) is 6.92 Å². The fourth-order valence-corrected chi connectivity index (χ4v) is 2.61. The number of halogens is 2. The molecule has 1 heterocycles. The van der Waals surface area contributed by atoms with E-state index in [1.165, 1.54) is 0 Å². The highest BCUT2D eigenvalue weighted by Gasteiger charge is 2.13. The molecule has 19 heavy (non-hydrogen) atoms. The maximum absolute atomic E-state index is 6.21. The van der Waals surface area contributed by atoms with Gasteiger partial charge in [-0.3, -0.25) is 4.68 Å². The molecule has 0 spiro atoms. The van der Waals surface area contributed by atoms with Crippen molar-refractivity contribution in [2.24, 2.45) is 7.05 Å². The van der Waals surface area contributed by atoms with Gasteiger partial charge < -0.3 is 5.32 Å². The third kappa shape index (κ3) is 3.11. The molecule has 2 rings (SSSR count). The lowest BCUT2D eigenvalue weighted by Gasteiger charge is -2.15. The molecule has 1 aromatic heterocycles. The number of aryl methyl sites for hydroxylation is 2. The summed E-state index contributed by atoms with van der Waals surface area (Å²) in [6, 6.07) is 8.00. The number of hydrogen-bond acceptors (Lipinski definition) is 2. The van der Waals surface area contributed by atoms with Crippen LogP contribution in [-0.2, 0) is 13.6 Å². The number of hydrogen-bond donors (Lipinski definition) is 1. The zero-order chi connectivity index (χ0) is 14.0. The van der Waals surface area contributed by atoms with Gasteiger partial charge in [0.1, 0.15) is 5.15 Å². The Morgan fingerprint density at radius 3 is 2.58 bits per heavy atom. The second kappa shape index (κ2) is 5.95. The summed E-state index contributed by atoms with van der Waals surface area (Å²) in [5.74, 6) is 0. The van der Waals surface area contributed by atoms with Gasteiger partial charge in [-0.25, -0.2) is 0 Å². The van der Waals surface area contributed by atoms with Crippen molar-refractivity contribution in [1.82, 2.24) is 15.1 Å². The maximum atomic E-state index is 6.21. The third-order valence-corrected chi connectivity index (χ3v) is 4.04. The molecule has 3 nitrogen and oxygen atoms in total. The molecule has 0 bridgehead atoms. The minimum Gasteiger partial charge on any atom is -0.306 e. The number of nitrogens with zero attached hydrogens (tertiary/aromatic N) is 2. The lowest BCUT2D eigenvalue weighted by Crippen LogP contribution is -2.18. The summed E-state index contributed by atoms with van der Waals surface area (Å²) in [6.07, 6.45) is 0. The van der Waals surface area contributed by atoms with Gasteiger partial charge in [0.05, 0.1) is 5.69 Å². The fourth-order valence-electron chi connectivity index (χ4n) is 2.07. The van der Waals surface area contributed by atoms with Gasteiger partial charge in [-0.2, -0.15) is 5.10 Å². The topological polar surface area (TPSA) is 29.9 Å². The number of nitrogens with one attached hydrogen (secondary N) is 1. The van der Waals surface area contributed by atoms with Crippen molar-refractivity contribution in [3.05, 3.63) is 51.3 Å². The Kier molecular flexibility index (Phi) is 4.50. The van der Waals surface area contributed by atoms with Crippen molar-refractivity contribution in [2.75, 3.05) is 0 Å². The Morgan fingerprint density at radius 1 is 1.32 bits per heavy atom. The minimum atomic E-state index is 0.157. The van der Waals surface area contributed by atoms with Gasteiger partial charge in [0.25, 0.3) is 0 Å². The predicted octanol–water partition coefficient (Wildman–Crippen LogP) is 3.89. The van der Waals surface area contributed by atoms with E-state index in [4.69, 9.17) is 23.2 Å². The van der Waals surface area contributed by atoms with Gasteiger partial charge in [-0.1, -0.05) is 41.4 Å². The summed E-state index contributed by atoms with van der Waals surface area (Å²) in [7, 11) is 1.84. The molecular weight excluding hydrogens is 281 g/mol. The molecule has 2 aromatic rings. The fraction of sp³-hybridized carbons (Fsp3) is 0.357. The summed E-state index contributed by atoms with van der Waals surface area (Å²) < 4.78 is 1.69. The number of rotatable bonds is 4. The highest BCUT2D eigenvalue weighted by atomic mass is 35.5. The Morgan fingerprint density at radius 2 is 2.00 bits per heavy atom. The summed E-state index contributed by atoms with van der Waals surface area (Å²) in [4.78, 5) is 0. The first-order valence-corrected chi connectivity index (χ1v) is 6.92. The van der Waals surface area contributed by atoms with Crippen LogP contribution in [0.1, 0.15) is 29.8 Å². The van der Waals surface area contributed by atoms with Gasteiger partial charge in [0.15, 0.2) is 0 Å². The molecule has 1 atom stereocenters. The highest BCUT2D eigenvalue weighted by molar-refractivity contribution is 6.31.